The first-order valence-corrected chi connectivity index (χ1v) is 4.96. The van der Waals surface area contributed by atoms with E-state index in [4.69, 9.17) is 14.2 Å². The predicted octanol–water partition coefficient (Wildman–Crippen LogP) is 1.97. The summed E-state index contributed by atoms with van der Waals surface area (Å²) in [5.74, 6) is 0.244. The van der Waals surface area contributed by atoms with Gasteiger partial charge in [-0.3, -0.25) is 0 Å². The topological polar surface area (TPSA) is 27.7 Å². The van der Waals surface area contributed by atoms with Gasteiger partial charge in [-0.15, -0.1) is 0 Å². The van der Waals surface area contributed by atoms with Crippen molar-refractivity contribution in [3.8, 4) is 5.75 Å². The average molecular weight is 212 g/mol. The molecule has 1 heterocycles. The van der Waals surface area contributed by atoms with Crippen molar-refractivity contribution in [1.82, 2.24) is 0 Å². The van der Waals surface area contributed by atoms with Crippen molar-refractivity contribution in [3.63, 3.8) is 0 Å². The molecule has 0 aliphatic carbocycles. The molecule has 0 bridgehead atoms. The van der Waals surface area contributed by atoms with Crippen LogP contribution in [0.4, 0.5) is 4.39 Å². The SMILES string of the molecule is Fc1cccc(OCCC2OCCO2)c1. The van der Waals surface area contributed by atoms with E-state index >= 15 is 0 Å². The molecule has 2 rings (SSSR count). The van der Waals surface area contributed by atoms with Crippen LogP contribution in [0.15, 0.2) is 24.3 Å². The smallest absolute Gasteiger partial charge is 0.161 e. The van der Waals surface area contributed by atoms with Crippen molar-refractivity contribution in [2.45, 2.75) is 12.7 Å². The van der Waals surface area contributed by atoms with Crippen LogP contribution in [0.25, 0.3) is 0 Å². The van der Waals surface area contributed by atoms with Crippen LogP contribution in [0, 0.1) is 5.82 Å². The van der Waals surface area contributed by atoms with E-state index in [2.05, 4.69) is 0 Å². The highest BCUT2D eigenvalue weighted by Crippen LogP contribution is 2.13. The van der Waals surface area contributed by atoms with Gasteiger partial charge in [0, 0.05) is 12.5 Å². The minimum atomic E-state index is -0.291. The van der Waals surface area contributed by atoms with Crippen LogP contribution in [-0.4, -0.2) is 26.1 Å². The summed E-state index contributed by atoms with van der Waals surface area (Å²) in [4.78, 5) is 0. The molecule has 4 heteroatoms. The van der Waals surface area contributed by atoms with Crippen LogP contribution in [0.1, 0.15) is 6.42 Å². The van der Waals surface area contributed by atoms with E-state index in [0.717, 1.165) is 0 Å². The molecular weight excluding hydrogens is 199 g/mol. The van der Waals surface area contributed by atoms with E-state index in [9.17, 15) is 4.39 Å². The number of hydrogen-bond donors (Lipinski definition) is 0. The van der Waals surface area contributed by atoms with Gasteiger partial charge in [0.2, 0.25) is 0 Å². The zero-order valence-electron chi connectivity index (χ0n) is 8.32. The molecule has 0 N–H and O–H groups in total. The molecule has 1 aromatic carbocycles. The number of halogens is 1. The Morgan fingerprint density at radius 3 is 2.87 bits per heavy atom. The van der Waals surface area contributed by atoms with E-state index in [0.29, 0.717) is 32.0 Å². The Hall–Kier alpha value is -1.13. The van der Waals surface area contributed by atoms with Gasteiger partial charge in [0.15, 0.2) is 6.29 Å². The Bertz CT molecular complexity index is 310. The Labute approximate surface area is 87.8 Å². The highest BCUT2D eigenvalue weighted by atomic mass is 19.1. The molecule has 0 amide bonds. The molecule has 15 heavy (non-hydrogen) atoms. The van der Waals surface area contributed by atoms with Crippen LogP contribution in [-0.2, 0) is 9.47 Å². The second-order valence-corrected chi connectivity index (χ2v) is 3.27. The quantitative estimate of drug-likeness (QED) is 0.763. The molecule has 0 atom stereocenters. The molecule has 0 spiro atoms. The molecular formula is C11H13FO3. The highest BCUT2D eigenvalue weighted by molar-refractivity contribution is 5.22. The number of hydrogen-bond acceptors (Lipinski definition) is 3. The summed E-state index contributed by atoms with van der Waals surface area (Å²) in [6.45, 7) is 1.75. The van der Waals surface area contributed by atoms with Gasteiger partial charge < -0.3 is 14.2 Å². The lowest BCUT2D eigenvalue weighted by molar-refractivity contribution is -0.0531. The summed E-state index contributed by atoms with van der Waals surface area (Å²) in [7, 11) is 0. The summed E-state index contributed by atoms with van der Waals surface area (Å²) in [5, 5.41) is 0. The molecule has 1 aromatic rings. The molecule has 0 aromatic heterocycles. The minimum Gasteiger partial charge on any atom is -0.493 e. The van der Waals surface area contributed by atoms with Crippen LogP contribution in [0.5, 0.6) is 5.75 Å². The molecule has 0 saturated carbocycles. The van der Waals surface area contributed by atoms with Gasteiger partial charge in [-0.2, -0.15) is 0 Å². The third kappa shape index (κ3) is 3.18. The number of benzene rings is 1. The Balaban J connectivity index is 1.73. The zero-order chi connectivity index (χ0) is 10.5. The maximum absolute atomic E-state index is 12.8. The summed E-state index contributed by atoms with van der Waals surface area (Å²) >= 11 is 0. The lowest BCUT2D eigenvalue weighted by Gasteiger charge is -2.10. The molecule has 1 aliphatic heterocycles. The lowest BCUT2D eigenvalue weighted by Crippen LogP contribution is -2.12. The zero-order valence-corrected chi connectivity index (χ0v) is 8.32. The number of rotatable bonds is 4. The van der Waals surface area contributed by atoms with E-state index in [1.54, 1.807) is 12.1 Å². The van der Waals surface area contributed by atoms with Crippen molar-refractivity contribution in [2.75, 3.05) is 19.8 Å². The second kappa shape index (κ2) is 5.09. The van der Waals surface area contributed by atoms with Crippen molar-refractivity contribution in [1.29, 1.82) is 0 Å². The van der Waals surface area contributed by atoms with Gasteiger partial charge in [-0.05, 0) is 12.1 Å². The highest BCUT2D eigenvalue weighted by Gasteiger charge is 2.15. The predicted molar refractivity (Wildman–Crippen MR) is 52.2 cm³/mol. The van der Waals surface area contributed by atoms with Gasteiger partial charge in [-0.25, -0.2) is 4.39 Å². The summed E-state index contributed by atoms with van der Waals surface area (Å²) < 4.78 is 28.6. The average Bonchev–Trinajstić information content (AvgIpc) is 2.71. The van der Waals surface area contributed by atoms with Crippen LogP contribution in [0.2, 0.25) is 0 Å². The van der Waals surface area contributed by atoms with Crippen LogP contribution in [0.3, 0.4) is 0 Å². The van der Waals surface area contributed by atoms with Crippen molar-refractivity contribution in [2.24, 2.45) is 0 Å². The first kappa shape index (κ1) is 10.4. The van der Waals surface area contributed by atoms with Gasteiger partial charge in [-0.1, -0.05) is 6.07 Å². The monoisotopic (exact) mass is 212 g/mol. The van der Waals surface area contributed by atoms with Gasteiger partial charge in [0.1, 0.15) is 11.6 Å². The number of ether oxygens (including phenoxy) is 3. The van der Waals surface area contributed by atoms with E-state index in [1.165, 1.54) is 12.1 Å². The fourth-order valence-corrected chi connectivity index (χ4v) is 1.40. The maximum Gasteiger partial charge on any atom is 0.161 e. The van der Waals surface area contributed by atoms with Gasteiger partial charge in [0.25, 0.3) is 0 Å². The summed E-state index contributed by atoms with van der Waals surface area (Å²) in [6, 6.07) is 6.08. The standard InChI is InChI=1S/C11H13FO3/c12-9-2-1-3-10(8-9)13-5-4-11-14-6-7-15-11/h1-3,8,11H,4-7H2. The molecule has 0 unspecified atom stereocenters. The lowest BCUT2D eigenvalue weighted by atomic mass is 10.3. The minimum absolute atomic E-state index is 0.168. The molecule has 0 radical (unpaired) electrons. The molecule has 1 saturated heterocycles. The Morgan fingerprint density at radius 1 is 1.33 bits per heavy atom. The molecule has 1 fully saturated rings. The largest absolute Gasteiger partial charge is 0.493 e. The first-order chi connectivity index (χ1) is 7.34. The fraction of sp³-hybridized carbons (Fsp3) is 0.455. The summed E-state index contributed by atoms with van der Waals surface area (Å²) in [5.41, 5.74) is 0. The summed E-state index contributed by atoms with van der Waals surface area (Å²) in [6.07, 6.45) is 0.495. The Morgan fingerprint density at radius 2 is 2.13 bits per heavy atom. The normalized spacial score (nSPS) is 16.9. The van der Waals surface area contributed by atoms with Gasteiger partial charge in [0.05, 0.1) is 19.8 Å². The Kier molecular flexibility index (Phi) is 3.53. The third-order valence-electron chi connectivity index (χ3n) is 2.11. The molecule has 1 aliphatic rings. The van der Waals surface area contributed by atoms with Gasteiger partial charge >= 0.3 is 0 Å². The second-order valence-electron chi connectivity index (χ2n) is 3.27. The molecule has 3 nitrogen and oxygen atoms in total. The van der Waals surface area contributed by atoms with Crippen molar-refractivity contribution >= 4 is 0 Å². The van der Waals surface area contributed by atoms with Crippen LogP contribution >= 0.6 is 0 Å². The third-order valence-corrected chi connectivity index (χ3v) is 2.11. The van der Waals surface area contributed by atoms with Crippen LogP contribution < -0.4 is 4.74 Å². The van der Waals surface area contributed by atoms with E-state index in [1.807, 2.05) is 0 Å². The van der Waals surface area contributed by atoms with Crippen molar-refractivity contribution in [3.05, 3.63) is 30.1 Å². The van der Waals surface area contributed by atoms with Crippen molar-refractivity contribution < 1.29 is 18.6 Å². The van der Waals surface area contributed by atoms with E-state index < -0.39 is 0 Å². The van der Waals surface area contributed by atoms with E-state index in [-0.39, 0.29) is 12.1 Å². The fourth-order valence-electron chi connectivity index (χ4n) is 1.40. The maximum atomic E-state index is 12.8. The molecule has 82 valence electrons. The first-order valence-electron chi connectivity index (χ1n) is 4.96.